The molecule has 0 saturated heterocycles. The van der Waals surface area contributed by atoms with Crippen LogP contribution in [0.25, 0.3) is 0 Å². The van der Waals surface area contributed by atoms with Gasteiger partial charge in [-0.15, -0.1) is 0 Å². The molecular weight excluding hydrogens is 428 g/mol. The van der Waals surface area contributed by atoms with Crippen LogP contribution >= 0.6 is 0 Å². The van der Waals surface area contributed by atoms with Gasteiger partial charge < -0.3 is 25.1 Å². The molecule has 0 spiro atoms. The number of carbonyl (C=O) groups is 4. The third-order valence-electron chi connectivity index (χ3n) is 5.32. The van der Waals surface area contributed by atoms with Crippen molar-refractivity contribution in [1.82, 2.24) is 20.9 Å². The van der Waals surface area contributed by atoms with E-state index in [-0.39, 0.29) is 25.5 Å². The fraction of sp³-hybridized carbons (Fsp3) is 0.435. The molecule has 1 aliphatic heterocycles. The summed E-state index contributed by atoms with van der Waals surface area (Å²) >= 11 is 0. The summed E-state index contributed by atoms with van der Waals surface area (Å²) in [4.78, 5) is 54.2. The molecule has 0 fully saturated rings. The number of ketones is 1. The molecule has 1 aromatic carbocycles. The number of aromatic nitrogens is 1. The molecular formula is C23H28N4O6. The lowest BCUT2D eigenvalue weighted by Gasteiger charge is -2.25. The summed E-state index contributed by atoms with van der Waals surface area (Å²) in [6, 6.07) is 7.11. The van der Waals surface area contributed by atoms with Gasteiger partial charge in [0.05, 0.1) is 11.7 Å². The number of oxazole rings is 1. The van der Waals surface area contributed by atoms with Crippen LogP contribution in [0.2, 0.25) is 0 Å². The van der Waals surface area contributed by atoms with E-state index in [1.54, 1.807) is 13.8 Å². The lowest BCUT2D eigenvalue weighted by molar-refractivity contribution is -0.140. The fourth-order valence-corrected chi connectivity index (χ4v) is 3.47. The zero-order valence-electron chi connectivity index (χ0n) is 18.6. The van der Waals surface area contributed by atoms with Gasteiger partial charge >= 0.3 is 6.09 Å². The van der Waals surface area contributed by atoms with Crippen LogP contribution in [0, 0.1) is 5.92 Å². The van der Waals surface area contributed by atoms with Gasteiger partial charge in [0.1, 0.15) is 18.4 Å². The number of alkyl carbamates (subject to hydrolysis) is 1. The average molecular weight is 456 g/mol. The maximum absolute atomic E-state index is 13.0. The second-order valence-electron chi connectivity index (χ2n) is 8.12. The SMILES string of the molecule is CC(C)C(NC(=O)OCc1ccccc1)C(=O)NC1CCc2ocnc2CCNC(=O)C1=O. The van der Waals surface area contributed by atoms with E-state index in [2.05, 4.69) is 20.9 Å². The number of nitrogens with zero attached hydrogens (tertiary/aromatic N) is 1. The van der Waals surface area contributed by atoms with Gasteiger partial charge in [-0.1, -0.05) is 44.2 Å². The first-order valence-corrected chi connectivity index (χ1v) is 10.9. The van der Waals surface area contributed by atoms with Crippen molar-refractivity contribution in [2.45, 2.75) is 51.8 Å². The number of carbonyl (C=O) groups excluding carboxylic acids is 4. The van der Waals surface area contributed by atoms with Gasteiger partial charge in [0.15, 0.2) is 6.39 Å². The molecule has 0 bridgehead atoms. The Balaban J connectivity index is 1.64. The number of Topliss-reactive ketones (excluding diaryl/α,β-unsaturated/α-hetero) is 1. The molecule has 33 heavy (non-hydrogen) atoms. The predicted octanol–water partition coefficient (Wildman–Crippen LogP) is 1.28. The van der Waals surface area contributed by atoms with Crippen molar-refractivity contribution in [1.29, 1.82) is 0 Å². The first-order valence-electron chi connectivity index (χ1n) is 10.9. The molecule has 0 saturated carbocycles. The van der Waals surface area contributed by atoms with Crippen LogP contribution in [0.3, 0.4) is 0 Å². The van der Waals surface area contributed by atoms with E-state index in [4.69, 9.17) is 9.15 Å². The number of nitrogens with one attached hydrogen (secondary N) is 3. The number of hydrogen-bond donors (Lipinski definition) is 3. The first-order chi connectivity index (χ1) is 15.8. The summed E-state index contributed by atoms with van der Waals surface area (Å²) in [5.41, 5.74) is 1.51. The second kappa shape index (κ2) is 11.3. The van der Waals surface area contributed by atoms with Crippen LogP contribution in [0.15, 0.2) is 41.1 Å². The third kappa shape index (κ3) is 6.64. The number of hydrogen-bond acceptors (Lipinski definition) is 7. The number of amides is 3. The van der Waals surface area contributed by atoms with Gasteiger partial charge in [0.2, 0.25) is 11.7 Å². The molecule has 10 nitrogen and oxygen atoms in total. The monoisotopic (exact) mass is 456 g/mol. The summed E-state index contributed by atoms with van der Waals surface area (Å²) in [6.45, 7) is 3.79. The Morgan fingerprint density at radius 3 is 2.70 bits per heavy atom. The Morgan fingerprint density at radius 1 is 1.21 bits per heavy atom. The minimum Gasteiger partial charge on any atom is -0.448 e. The number of aryl methyl sites for hydroxylation is 1. The topological polar surface area (TPSA) is 140 Å². The second-order valence-corrected chi connectivity index (χ2v) is 8.12. The Labute approximate surface area is 191 Å². The van der Waals surface area contributed by atoms with Crippen molar-refractivity contribution in [3.63, 3.8) is 0 Å². The van der Waals surface area contributed by atoms with Gasteiger partial charge in [-0.05, 0) is 17.9 Å². The number of benzene rings is 1. The minimum absolute atomic E-state index is 0.0555. The van der Waals surface area contributed by atoms with Crippen LogP contribution in [0.5, 0.6) is 0 Å². The number of rotatable bonds is 6. The molecule has 3 N–H and O–H groups in total. The molecule has 1 aromatic heterocycles. The molecule has 2 heterocycles. The maximum Gasteiger partial charge on any atom is 0.408 e. The van der Waals surface area contributed by atoms with Gasteiger partial charge in [-0.2, -0.15) is 0 Å². The lowest BCUT2D eigenvalue weighted by atomic mass is 9.99. The molecule has 3 amide bonds. The average Bonchev–Trinajstić information content (AvgIpc) is 3.25. The van der Waals surface area contributed by atoms with E-state index in [0.29, 0.717) is 24.3 Å². The van der Waals surface area contributed by atoms with E-state index in [0.717, 1.165) is 5.56 Å². The summed E-state index contributed by atoms with van der Waals surface area (Å²) in [5, 5.41) is 7.71. The van der Waals surface area contributed by atoms with Crippen LogP contribution in [0.1, 0.15) is 37.3 Å². The largest absolute Gasteiger partial charge is 0.448 e. The van der Waals surface area contributed by atoms with Crippen LogP contribution in [-0.2, 0) is 38.6 Å². The van der Waals surface area contributed by atoms with Crippen molar-refractivity contribution >= 4 is 23.7 Å². The molecule has 0 aliphatic carbocycles. The Bertz CT molecular complexity index is 988. The van der Waals surface area contributed by atoms with Crippen LogP contribution < -0.4 is 16.0 Å². The molecule has 0 radical (unpaired) electrons. The molecule has 2 atom stereocenters. The van der Waals surface area contributed by atoms with Crippen molar-refractivity contribution in [2.24, 2.45) is 5.92 Å². The van der Waals surface area contributed by atoms with Crippen LogP contribution in [-0.4, -0.2) is 47.3 Å². The minimum atomic E-state index is -1.07. The zero-order valence-corrected chi connectivity index (χ0v) is 18.6. The predicted molar refractivity (Wildman–Crippen MR) is 117 cm³/mol. The molecule has 2 unspecified atom stereocenters. The van der Waals surface area contributed by atoms with Gasteiger partial charge in [-0.25, -0.2) is 9.78 Å². The Kier molecular flexibility index (Phi) is 8.17. The fourth-order valence-electron chi connectivity index (χ4n) is 3.47. The Morgan fingerprint density at radius 2 is 1.97 bits per heavy atom. The van der Waals surface area contributed by atoms with Crippen molar-refractivity contribution < 1.29 is 28.3 Å². The molecule has 3 rings (SSSR count). The summed E-state index contributed by atoms with van der Waals surface area (Å²) in [7, 11) is 0. The van der Waals surface area contributed by atoms with E-state index in [9.17, 15) is 19.2 Å². The van der Waals surface area contributed by atoms with Gasteiger partial charge in [0, 0.05) is 19.4 Å². The maximum atomic E-state index is 13.0. The number of fused-ring (bicyclic) bond motifs is 1. The lowest BCUT2D eigenvalue weighted by Crippen LogP contribution is -2.55. The Hall–Kier alpha value is -3.69. The highest BCUT2D eigenvalue weighted by Gasteiger charge is 2.32. The third-order valence-corrected chi connectivity index (χ3v) is 5.32. The van der Waals surface area contributed by atoms with Gasteiger partial charge in [-0.3, -0.25) is 14.4 Å². The normalized spacial score (nSPS) is 17.5. The van der Waals surface area contributed by atoms with E-state index < -0.39 is 35.8 Å². The quantitative estimate of drug-likeness (QED) is 0.557. The zero-order chi connectivity index (χ0) is 23.8. The highest BCUT2D eigenvalue weighted by molar-refractivity contribution is 6.38. The molecule has 176 valence electrons. The van der Waals surface area contributed by atoms with Crippen molar-refractivity contribution in [3.8, 4) is 0 Å². The molecule has 10 heteroatoms. The summed E-state index contributed by atoms with van der Waals surface area (Å²) < 4.78 is 10.6. The molecule has 1 aliphatic rings. The smallest absolute Gasteiger partial charge is 0.408 e. The van der Waals surface area contributed by atoms with E-state index >= 15 is 0 Å². The standard InChI is InChI=1S/C23H28N4O6/c1-14(2)19(27-23(31)32-12-15-6-4-3-5-7-15)21(29)26-17-8-9-18-16(25-13-33-18)10-11-24-22(30)20(17)28/h3-7,13-14,17,19H,8-12H2,1-2H3,(H,24,30)(H,26,29)(H,27,31). The highest BCUT2D eigenvalue weighted by atomic mass is 16.5. The summed E-state index contributed by atoms with van der Waals surface area (Å²) in [6.07, 6.45) is 1.50. The van der Waals surface area contributed by atoms with Crippen molar-refractivity contribution in [2.75, 3.05) is 6.54 Å². The summed E-state index contributed by atoms with van der Waals surface area (Å²) in [5.74, 6) is -1.79. The van der Waals surface area contributed by atoms with E-state index in [1.165, 1.54) is 6.39 Å². The van der Waals surface area contributed by atoms with Crippen molar-refractivity contribution in [3.05, 3.63) is 53.7 Å². The number of ether oxygens (including phenoxy) is 1. The van der Waals surface area contributed by atoms with Crippen LogP contribution in [0.4, 0.5) is 4.79 Å². The van der Waals surface area contributed by atoms with Gasteiger partial charge in [0.25, 0.3) is 5.91 Å². The highest BCUT2D eigenvalue weighted by Crippen LogP contribution is 2.14. The molecule has 2 aromatic rings. The van der Waals surface area contributed by atoms with E-state index in [1.807, 2.05) is 30.3 Å². The first kappa shape index (κ1) is 24.0.